The fourth-order valence-electron chi connectivity index (χ4n) is 3.86. The summed E-state index contributed by atoms with van der Waals surface area (Å²) in [7, 11) is 0. The summed E-state index contributed by atoms with van der Waals surface area (Å²) in [5.41, 5.74) is 1.65. The number of benzene rings is 1. The van der Waals surface area contributed by atoms with Crippen LogP contribution in [0, 0.1) is 0 Å². The molecular weight excluding hydrogens is 536 g/mol. The van der Waals surface area contributed by atoms with E-state index in [1.54, 1.807) is 24.5 Å². The highest BCUT2D eigenvalue weighted by Crippen LogP contribution is 2.33. The molecule has 0 saturated carbocycles. The van der Waals surface area contributed by atoms with Crippen LogP contribution >= 0.6 is 38.6 Å². The molecule has 0 bridgehead atoms. The van der Waals surface area contributed by atoms with Gasteiger partial charge in [0.25, 0.3) is 5.56 Å². The van der Waals surface area contributed by atoms with Crippen molar-refractivity contribution in [3.63, 3.8) is 0 Å². The molecule has 5 rings (SSSR count). The topological polar surface area (TPSA) is 73.8 Å². The molecule has 4 heterocycles. The molecule has 34 heavy (non-hydrogen) atoms. The average molecular weight is 555 g/mol. The van der Waals surface area contributed by atoms with Gasteiger partial charge in [-0.05, 0) is 49.6 Å². The van der Waals surface area contributed by atoms with Gasteiger partial charge in [-0.3, -0.25) is 9.36 Å². The van der Waals surface area contributed by atoms with Crippen LogP contribution in [0.5, 0.6) is 0 Å². The fourth-order valence-corrected chi connectivity index (χ4v) is 6.11. The number of fused-ring (bicyclic) bond motifs is 1. The molecule has 0 saturated heterocycles. The second kappa shape index (κ2) is 9.32. The number of halogens is 1. The van der Waals surface area contributed by atoms with E-state index in [9.17, 15) is 9.59 Å². The minimum absolute atomic E-state index is 0.225. The van der Waals surface area contributed by atoms with Gasteiger partial charge in [-0.25, -0.2) is 9.79 Å². The molecule has 0 N–H and O–H groups in total. The summed E-state index contributed by atoms with van der Waals surface area (Å²) in [6.07, 6.45) is 1.72. The summed E-state index contributed by atoms with van der Waals surface area (Å²) in [4.78, 5) is 32.4. The first-order valence-electron chi connectivity index (χ1n) is 10.5. The Morgan fingerprint density at radius 3 is 2.85 bits per heavy atom. The summed E-state index contributed by atoms with van der Waals surface area (Å²) < 4.78 is 14.3. The number of nitrogens with zero attached hydrogens (tertiary/aromatic N) is 2. The van der Waals surface area contributed by atoms with Gasteiger partial charge in [0.2, 0.25) is 0 Å². The van der Waals surface area contributed by atoms with E-state index in [0.717, 1.165) is 14.9 Å². The summed E-state index contributed by atoms with van der Waals surface area (Å²) in [6.45, 7) is 3.78. The van der Waals surface area contributed by atoms with Gasteiger partial charge in [0, 0.05) is 21.0 Å². The van der Waals surface area contributed by atoms with Crippen LogP contribution in [0.25, 0.3) is 17.4 Å². The molecule has 0 fully saturated rings. The minimum Gasteiger partial charge on any atom is -0.463 e. The van der Waals surface area contributed by atoms with Gasteiger partial charge in [0.05, 0.1) is 22.4 Å². The van der Waals surface area contributed by atoms with Gasteiger partial charge in [-0.1, -0.05) is 45.5 Å². The van der Waals surface area contributed by atoms with Crippen molar-refractivity contribution in [3.8, 4) is 11.3 Å². The molecule has 0 spiro atoms. The highest BCUT2D eigenvalue weighted by Gasteiger charge is 2.33. The molecule has 0 radical (unpaired) electrons. The smallest absolute Gasteiger partial charge is 0.338 e. The van der Waals surface area contributed by atoms with Gasteiger partial charge in [-0.15, -0.1) is 11.3 Å². The Balaban J connectivity index is 1.62. The number of thiazole rings is 1. The lowest BCUT2D eigenvalue weighted by Crippen LogP contribution is -2.39. The Hall–Kier alpha value is -3.01. The van der Waals surface area contributed by atoms with Gasteiger partial charge < -0.3 is 9.15 Å². The molecule has 1 atom stereocenters. The number of aromatic nitrogens is 1. The molecule has 172 valence electrons. The van der Waals surface area contributed by atoms with E-state index in [2.05, 4.69) is 20.9 Å². The predicted octanol–water partition coefficient (Wildman–Crippen LogP) is 4.88. The number of hydrogen-bond donors (Lipinski definition) is 0. The Morgan fingerprint density at radius 2 is 2.12 bits per heavy atom. The molecule has 9 heteroatoms. The van der Waals surface area contributed by atoms with Gasteiger partial charge in [0.15, 0.2) is 4.80 Å². The van der Waals surface area contributed by atoms with Gasteiger partial charge in [-0.2, -0.15) is 0 Å². The summed E-state index contributed by atoms with van der Waals surface area (Å²) in [6, 6.07) is 14.8. The van der Waals surface area contributed by atoms with E-state index in [1.165, 1.54) is 22.7 Å². The fraction of sp³-hybridized carbons (Fsp3) is 0.160. The van der Waals surface area contributed by atoms with Crippen LogP contribution in [0.4, 0.5) is 0 Å². The van der Waals surface area contributed by atoms with Crippen molar-refractivity contribution in [3.05, 3.63) is 100.0 Å². The molecule has 6 nitrogen and oxygen atoms in total. The Bertz CT molecular complexity index is 1590. The van der Waals surface area contributed by atoms with Gasteiger partial charge >= 0.3 is 5.97 Å². The zero-order valence-corrected chi connectivity index (χ0v) is 21.5. The Morgan fingerprint density at radius 1 is 1.26 bits per heavy atom. The second-order valence-electron chi connectivity index (χ2n) is 7.53. The highest BCUT2D eigenvalue weighted by molar-refractivity contribution is 9.10. The molecule has 0 amide bonds. The molecular formula is C25H19BrN2O4S2. The van der Waals surface area contributed by atoms with Crippen molar-refractivity contribution in [2.45, 2.75) is 19.9 Å². The first-order chi connectivity index (χ1) is 16.5. The van der Waals surface area contributed by atoms with E-state index in [-0.39, 0.29) is 12.2 Å². The number of hydrogen-bond acceptors (Lipinski definition) is 7. The molecule has 1 aromatic carbocycles. The third-order valence-electron chi connectivity index (χ3n) is 5.34. The number of carbonyl (C=O) groups is 1. The van der Waals surface area contributed by atoms with Crippen LogP contribution in [0.2, 0.25) is 0 Å². The predicted molar refractivity (Wildman–Crippen MR) is 137 cm³/mol. The summed E-state index contributed by atoms with van der Waals surface area (Å²) >= 11 is 6.24. The number of carbonyl (C=O) groups excluding carboxylic acids is 1. The zero-order chi connectivity index (χ0) is 23.8. The van der Waals surface area contributed by atoms with Crippen LogP contribution in [-0.4, -0.2) is 17.1 Å². The lowest BCUT2D eigenvalue weighted by Gasteiger charge is -2.23. The third kappa shape index (κ3) is 4.15. The normalized spacial score (nSPS) is 15.9. The summed E-state index contributed by atoms with van der Waals surface area (Å²) in [5, 5.41) is 1.93. The van der Waals surface area contributed by atoms with E-state index in [0.29, 0.717) is 32.1 Å². The minimum atomic E-state index is -0.578. The molecule has 4 aromatic rings. The maximum atomic E-state index is 13.5. The number of rotatable bonds is 5. The number of thiophene rings is 1. The largest absolute Gasteiger partial charge is 0.463 e. The van der Waals surface area contributed by atoms with Crippen LogP contribution < -0.4 is 14.9 Å². The third-order valence-corrected chi connectivity index (χ3v) is 7.74. The lowest BCUT2D eigenvalue weighted by molar-refractivity contribution is -0.139. The Labute approximate surface area is 211 Å². The summed E-state index contributed by atoms with van der Waals surface area (Å²) in [5.74, 6) is 0.813. The molecule has 3 aromatic heterocycles. The van der Waals surface area contributed by atoms with Crippen molar-refractivity contribution in [1.29, 1.82) is 0 Å². The highest BCUT2D eigenvalue weighted by atomic mass is 79.9. The van der Waals surface area contributed by atoms with E-state index < -0.39 is 12.0 Å². The maximum absolute atomic E-state index is 13.5. The van der Waals surface area contributed by atoms with Crippen molar-refractivity contribution in [2.75, 3.05) is 6.61 Å². The van der Waals surface area contributed by atoms with Crippen LogP contribution in [0.15, 0.2) is 83.9 Å². The zero-order valence-electron chi connectivity index (χ0n) is 18.3. The van der Waals surface area contributed by atoms with E-state index >= 15 is 0 Å². The molecule has 1 aliphatic heterocycles. The van der Waals surface area contributed by atoms with Gasteiger partial charge in [0.1, 0.15) is 17.6 Å². The van der Waals surface area contributed by atoms with Crippen LogP contribution in [0.3, 0.4) is 0 Å². The van der Waals surface area contributed by atoms with E-state index in [4.69, 9.17) is 9.15 Å². The standard InChI is InChI=1S/C25H19BrN2O4S2/c1-3-31-24(30)21-14(2)27-25-28(22(21)19-8-5-11-33-19)23(29)20(34-25)13-17-9-10-18(32-17)15-6-4-7-16(26)12-15/h4-13,22H,3H2,1-2H3/b20-13-. The molecule has 0 aliphatic carbocycles. The lowest BCUT2D eigenvalue weighted by atomic mass is 10.0. The number of ether oxygens (including phenoxy) is 1. The quantitative estimate of drug-likeness (QED) is 0.329. The van der Waals surface area contributed by atoms with Crippen molar-refractivity contribution >= 4 is 50.6 Å². The first kappa shape index (κ1) is 22.8. The SMILES string of the molecule is CCOC(=O)C1=C(C)N=c2s/c(=C\c3ccc(-c4cccc(Br)c4)o3)c(=O)n2C1c1cccs1. The number of allylic oxidation sites excluding steroid dienone is 1. The number of esters is 1. The second-order valence-corrected chi connectivity index (χ2v) is 10.4. The van der Waals surface area contributed by atoms with Crippen molar-refractivity contribution < 1.29 is 13.9 Å². The van der Waals surface area contributed by atoms with E-state index in [1.807, 2.05) is 53.9 Å². The number of furan rings is 1. The monoisotopic (exact) mass is 554 g/mol. The Kier molecular flexibility index (Phi) is 6.24. The van der Waals surface area contributed by atoms with Crippen LogP contribution in [-0.2, 0) is 9.53 Å². The van der Waals surface area contributed by atoms with Crippen molar-refractivity contribution in [2.24, 2.45) is 4.99 Å². The maximum Gasteiger partial charge on any atom is 0.338 e. The molecule has 1 unspecified atom stereocenters. The average Bonchev–Trinajstić information content (AvgIpc) is 3.55. The molecule has 1 aliphatic rings. The van der Waals surface area contributed by atoms with Crippen LogP contribution in [0.1, 0.15) is 30.5 Å². The van der Waals surface area contributed by atoms with Crippen molar-refractivity contribution in [1.82, 2.24) is 4.57 Å². The first-order valence-corrected chi connectivity index (χ1v) is 13.0.